The molecule has 2 fully saturated rings. The molecular formula is C16H22N2O. The van der Waals surface area contributed by atoms with Gasteiger partial charge in [0.2, 0.25) is 5.91 Å². The van der Waals surface area contributed by atoms with Crippen molar-refractivity contribution in [2.24, 2.45) is 0 Å². The zero-order valence-electron chi connectivity index (χ0n) is 11.3. The molecule has 1 amide bonds. The largest absolute Gasteiger partial charge is 0.354 e. The Morgan fingerprint density at radius 2 is 2.05 bits per heavy atom. The number of hydrogen-bond donors (Lipinski definition) is 2. The fraction of sp³-hybridized carbons (Fsp3) is 0.562. The second-order valence-corrected chi connectivity index (χ2v) is 5.80. The van der Waals surface area contributed by atoms with Crippen LogP contribution in [0, 0.1) is 0 Å². The van der Waals surface area contributed by atoms with Crippen LogP contribution in [0.15, 0.2) is 30.3 Å². The lowest BCUT2D eigenvalue weighted by Crippen LogP contribution is -2.51. The molecule has 1 unspecified atom stereocenters. The third-order valence-corrected chi connectivity index (χ3v) is 4.64. The summed E-state index contributed by atoms with van der Waals surface area (Å²) < 4.78 is 0. The van der Waals surface area contributed by atoms with Crippen LogP contribution >= 0.6 is 0 Å². The second kappa shape index (κ2) is 5.33. The molecule has 1 atom stereocenters. The summed E-state index contributed by atoms with van der Waals surface area (Å²) in [4.78, 5) is 12.6. The van der Waals surface area contributed by atoms with Crippen molar-refractivity contribution in [3.05, 3.63) is 35.9 Å². The van der Waals surface area contributed by atoms with Crippen molar-refractivity contribution in [3.8, 4) is 0 Å². The molecule has 1 aliphatic heterocycles. The summed E-state index contributed by atoms with van der Waals surface area (Å²) in [5, 5.41) is 6.59. The zero-order chi connectivity index (χ0) is 13.1. The maximum absolute atomic E-state index is 12.6. The Hall–Kier alpha value is -1.35. The average molecular weight is 258 g/mol. The molecule has 3 heteroatoms. The van der Waals surface area contributed by atoms with E-state index in [1.54, 1.807) is 0 Å². The molecule has 2 aliphatic rings. The van der Waals surface area contributed by atoms with Crippen LogP contribution < -0.4 is 10.6 Å². The summed E-state index contributed by atoms with van der Waals surface area (Å²) in [6.45, 7) is 1.86. The van der Waals surface area contributed by atoms with E-state index in [1.807, 2.05) is 18.2 Å². The van der Waals surface area contributed by atoms with Gasteiger partial charge in [-0.3, -0.25) is 4.79 Å². The van der Waals surface area contributed by atoms with Gasteiger partial charge in [0.15, 0.2) is 0 Å². The SMILES string of the molecule is O=C(NCC1CCCN1)C1(c2ccccc2)CCC1. The summed E-state index contributed by atoms with van der Waals surface area (Å²) in [6.07, 6.45) is 5.54. The quantitative estimate of drug-likeness (QED) is 0.867. The van der Waals surface area contributed by atoms with Gasteiger partial charge < -0.3 is 10.6 Å². The highest BCUT2D eigenvalue weighted by Crippen LogP contribution is 2.43. The van der Waals surface area contributed by atoms with Crippen molar-refractivity contribution in [2.75, 3.05) is 13.1 Å². The molecule has 0 bridgehead atoms. The first kappa shape index (κ1) is 12.7. The number of rotatable bonds is 4. The highest BCUT2D eigenvalue weighted by molar-refractivity contribution is 5.89. The van der Waals surface area contributed by atoms with Gasteiger partial charge in [-0.25, -0.2) is 0 Å². The summed E-state index contributed by atoms with van der Waals surface area (Å²) in [6, 6.07) is 10.7. The Labute approximate surface area is 114 Å². The van der Waals surface area contributed by atoms with Crippen molar-refractivity contribution in [3.63, 3.8) is 0 Å². The molecule has 19 heavy (non-hydrogen) atoms. The fourth-order valence-electron chi connectivity index (χ4n) is 3.25. The summed E-state index contributed by atoms with van der Waals surface area (Å²) >= 11 is 0. The molecule has 0 radical (unpaired) electrons. The Bertz CT molecular complexity index is 433. The van der Waals surface area contributed by atoms with E-state index >= 15 is 0 Å². The maximum Gasteiger partial charge on any atom is 0.230 e. The van der Waals surface area contributed by atoms with Crippen LogP contribution in [-0.4, -0.2) is 25.0 Å². The van der Waals surface area contributed by atoms with Gasteiger partial charge in [0.05, 0.1) is 5.41 Å². The topological polar surface area (TPSA) is 41.1 Å². The minimum absolute atomic E-state index is 0.221. The number of hydrogen-bond acceptors (Lipinski definition) is 2. The lowest BCUT2D eigenvalue weighted by molar-refractivity contribution is -0.130. The van der Waals surface area contributed by atoms with Crippen molar-refractivity contribution < 1.29 is 4.79 Å². The van der Waals surface area contributed by atoms with Crippen molar-refractivity contribution in [1.29, 1.82) is 0 Å². The minimum atomic E-state index is -0.250. The fourth-order valence-corrected chi connectivity index (χ4v) is 3.25. The van der Waals surface area contributed by atoms with E-state index in [2.05, 4.69) is 22.8 Å². The van der Waals surface area contributed by atoms with Gasteiger partial charge in [0, 0.05) is 12.6 Å². The first-order valence-electron chi connectivity index (χ1n) is 7.38. The number of nitrogens with one attached hydrogen (secondary N) is 2. The molecule has 0 spiro atoms. The van der Waals surface area contributed by atoms with E-state index in [4.69, 9.17) is 0 Å². The van der Waals surface area contributed by atoms with E-state index in [-0.39, 0.29) is 11.3 Å². The van der Waals surface area contributed by atoms with Crippen LogP contribution in [0.5, 0.6) is 0 Å². The van der Waals surface area contributed by atoms with Crippen molar-refractivity contribution in [2.45, 2.75) is 43.6 Å². The molecule has 102 valence electrons. The summed E-state index contributed by atoms with van der Waals surface area (Å²) in [5.74, 6) is 0.221. The van der Waals surface area contributed by atoms with E-state index in [9.17, 15) is 4.79 Å². The molecule has 1 aliphatic carbocycles. The second-order valence-electron chi connectivity index (χ2n) is 5.80. The molecule has 1 aromatic rings. The lowest BCUT2D eigenvalue weighted by atomic mass is 9.64. The van der Waals surface area contributed by atoms with Crippen LogP contribution in [0.3, 0.4) is 0 Å². The van der Waals surface area contributed by atoms with Gasteiger partial charge in [-0.15, -0.1) is 0 Å². The average Bonchev–Trinajstić information content (AvgIpc) is 2.89. The van der Waals surface area contributed by atoms with Gasteiger partial charge in [0.25, 0.3) is 0 Å². The van der Waals surface area contributed by atoms with Gasteiger partial charge in [0.1, 0.15) is 0 Å². The highest BCUT2D eigenvalue weighted by atomic mass is 16.2. The first-order valence-corrected chi connectivity index (χ1v) is 7.38. The van der Waals surface area contributed by atoms with E-state index in [0.29, 0.717) is 6.04 Å². The van der Waals surface area contributed by atoms with Crippen LogP contribution in [0.25, 0.3) is 0 Å². The standard InChI is InChI=1S/C16H22N2O/c19-15(18-12-14-8-4-11-17-14)16(9-5-10-16)13-6-2-1-3-7-13/h1-3,6-7,14,17H,4-5,8-12H2,(H,18,19). The minimum Gasteiger partial charge on any atom is -0.354 e. The van der Waals surface area contributed by atoms with Gasteiger partial charge in [-0.2, -0.15) is 0 Å². The smallest absolute Gasteiger partial charge is 0.230 e. The van der Waals surface area contributed by atoms with E-state index in [1.165, 1.54) is 18.4 Å². The van der Waals surface area contributed by atoms with Crippen molar-refractivity contribution >= 4 is 5.91 Å². The molecule has 1 saturated heterocycles. The highest BCUT2D eigenvalue weighted by Gasteiger charge is 2.45. The normalized spacial score (nSPS) is 24.7. The number of carbonyl (C=O) groups excluding carboxylic acids is 1. The molecule has 1 heterocycles. The number of benzene rings is 1. The van der Waals surface area contributed by atoms with Gasteiger partial charge >= 0.3 is 0 Å². The lowest BCUT2D eigenvalue weighted by Gasteiger charge is -2.41. The predicted octanol–water partition coefficient (Wildman–Crippen LogP) is 1.98. The predicted molar refractivity (Wildman–Crippen MR) is 76.0 cm³/mol. The number of amides is 1. The monoisotopic (exact) mass is 258 g/mol. The molecule has 3 nitrogen and oxygen atoms in total. The zero-order valence-corrected chi connectivity index (χ0v) is 11.3. The van der Waals surface area contributed by atoms with Gasteiger partial charge in [-0.05, 0) is 37.8 Å². The molecule has 1 saturated carbocycles. The Kier molecular flexibility index (Phi) is 3.56. The van der Waals surface area contributed by atoms with Crippen molar-refractivity contribution in [1.82, 2.24) is 10.6 Å². The third-order valence-electron chi connectivity index (χ3n) is 4.64. The molecule has 0 aromatic heterocycles. The molecule has 2 N–H and O–H groups in total. The maximum atomic E-state index is 12.6. The number of carbonyl (C=O) groups is 1. The molecule has 1 aromatic carbocycles. The first-order chi connectivity index (χ1) is 9.31. The Morgan fingerprint density at radius 1 is 1.26 bits per heavy atom. The summed E-state index contributed by atoms with van der Waals surface area (Å²) in [7, 11) is 0. The van der Waals surface area contributed by atoms with E-state index < -0.39 is 0 Å². The Balaban J connectivity index is 1.66. The van der Waals surface area contributed by atoms with Crippen LogP contribution in [-0.2, 0) is 10.2 Å². The Morgan fingerprint density at radius 3 is 2.63 bits per heavy atom. The van der Waals surface area contributed by atoms with Gasteiger partial charge in [-0.1, -0.05) is 36.8 Å². The van der Waals surface area contributed by atoms with Crippen LogP contribution in [0.2, 0.25) is 0 Å². The summed E-state index contributed by atoms with van der Waals surface area (Å²) in [5.41, 5.74) is 0.929. The van der Waals surface area contributed by atoms with Crippen LogP contribution in [0.4, 0.5) is 0 Å². The van der Waals surface area contributed by atoms with E-state index in [0.717, 1.165) is 32.4 Å². The molecule has 3 rings (SSSR count). The van der Waals surface area contributed by atoms with Crippen LogP contribution in [0.1, 0.15) is 37.7 Å². The molecular weight excluding hydrogens is 236 g/mol. The third kappa shape index (κ3) is 2.39.